The van der Waals surface area contributed by atoms with E-state index >= 15 is 0 Å². The lowest BCUT2D eigenvalue weighted by Gasteiger charge is -2.39. The first-order valence-corrected chi connectivity index (χ1v) is 16.0. The molecule has 1 aromatic heterocycles. The fraction of sp³-hybridized carbons (Fsp3) is 0.406. The number of thiophene rings is 1. The summed E-state index contributed by atoms with van der Waals surface area (Å²) in [7, 11) is 1.55. The van der Waals surface area contributed by atoms with Crippen LogP contribution < -0.4 is 10.1 Å². The van der Waals surface area contributed by atoms with Gasteiger partial charge in [-0.25, -0.2) is 0 Å². The second kappa shape index (κ2) is 12.7. The van der Waals surface area contributed by atoms with E-state index < -0.39 is 28.8 Å². The number of ketones is 1. The Labute approximate surface area is 264 Å². The topological polar surface area (TPSA) is 122 Å². The maximum atomic E-state index is 14.7. The molecule has 0 spiro atoms. The number of carbonyl (C=O) groups excluding carboxylic acids is 3. The smallest absolute Gasteiger partial charge is 0.269 e. The van der Waals surface area contributed by atoms with Gasteiger partial charge in [0, 0.05) is 50.1 Å². The van der Waals surface area contributed by atoms with E-state index in [0.717, 1.165) is 17.8 Å². The van der Waals surface area contributed by atoms with E-state index in [4.69, 9.17) is 16.3 Å². The standard InChI is InChI=1S/C32H33ClN4O6S/c1-43-23-10-4-7-20(18-23)26-27(30(38)24-11-12-25(33)44-24)28(21-8-3-9-22(17-21)37(41)42)36(31(39)19-5-2-6-19)29(26)32(40)35-15-13-34-14-16-35/h3-4,7-12,17-19,26-29,34H,2,5-6,13-16H2,1H3. The monoisotopic (exact) mass is 636 g/mol. The number of nitrogens with zero attached hydrogens (tertiary/aromatic N) is 3. The van der Waals surface area contributed by atoms with Crippen molar-refractivity contribution < 1.29 is 24.0 Å². The molecule has 12 heteroatoms. The van der Waals surface area contributed by atoms with E-state index in [9.17, 15) is 24.5 Å². The van der Waals surface area contributed by atoms with Gasteiger partial charge >= 0.3 is 0 Å². The second-order valence-electron chi connectivity index (χ2n) is 11.5. The average Bonchev–Trinajstić information content (AvgIpc) is 3.61. The number of benzene rings is 2. The molecule has 2 amide bonds. The number of carbonyl (C=O) groups is 3. The quantitative estimate of drug-likeness (QED) is 0.208. The number of piperazine rings is 1. The predicted octanol–water partition coefficient (Wildman–Crippen LogP) is 5.09. The van der Waals surface area contributed by atoms with Crippen molar-refractivity contribution in [3.05, 3.63) is 91.1 Å². The van der Waals surface area contributed by atoms with Crippen molar-refractivity contribution >= 4 is 46.2 Å². The highest BCUT2D eigenvalue weighted by Crippen LogP contribution is 2.54. The van der Waals surface area contributed by atoms with Crippen molar-refractivity contribution in [1.29, 1.82) is 0 Å². The number of non-ortho nitro benzene ring substituents is 1. The van der Waals surface area contributed by atoms with Gasteiger partial charge in [0.2, 0.25) is 11.8 Å². The Bertz CT molecular complexity index is 1590. The van der Waals surface area contributed by atoms with Crippen LogP contribution in [0.3, 0.4) is 0 Å². The number of nitro groups is 1. The third-order valence-corrected chi connectivity index (χ3v) is 10.3. The minimum atomic E-state index is -1.01. The van der Waals surface area contributed by atoms with Gasteiger partial charge in [0.25, 0.3) is 5.69 Å². The van der Waals surface area contributed by atoms with Gasteiger partial charge in [0.05, 0.1) is 33.2 Å². The largest absolute Gasteiger partial charge is 0.497 e. The van der Waals surface area contributed by atoms with Crippen LogP contribution >= 0.6 is 22.9 Å². The molecule has 1 saturated carbocycles. The molecule has 2 aromatic carbocycles. The summed E-state index contributed by atoms with van der Waals surface area (Å²) in [4.78, 5) is 59.0. The maximum absolute atomic E-state index is 14.7. The number of amides is 2. The minimum absolute atomic E-state index is 0.154. The third-order valence-electron chi connectivity index (χ3n) is 9.08. The molecule has 3 fully saturated rings. The SMILES string of the molecule is COc1cccc(C2C(C(=O)c3ccc(Cl)s3)C(c3cccc([N+](=O)[O-])c3)N(C(=O)C3CCC3)C2C(=O)N2CCNCC2)c1. The Balaban J connectivity index is 1.60. The van der Waals surface area contributed by atoms with Crippen molar-refractivity contribution in [2.45, 2.75) is 37.3 Å². The van der Waals surface area contributed by atoms with Crippen LogP contribution in [0.15, 0.2) is 60.7 Å². The number of Topliss-reactive ketones (excluding diaryl/α,β-unsaturated/α-hetero) is 1. The second-order valence-corrected chi connectivity index (χ2v) is 13.2. The van der Waals surface area contributed by atoms with Crippen LogP contribution in [0.2, 0.25) is 4.34 Å². The van der Waals surface area contributed by atoms with Crippen LogP contribution in [-0.2, 0) is 9.59 Å². The number of methoxy groups -OCH3 is 1. The summed E-state index contributed by atoms with van der Waals surface area (Å²) >= 11 is 7.42. The molecule has 3 aliphatic rings. The molecule has 0 radical (unpaired) electrons. The molecular formula is C32H33ClN4O6S. The molecule has 3 aromatic rings. The normalized spacial score (nSPS) is 23.7. The summed E-state index contributed by atoms with van der Waals surface area (Å²) in [5.74, 6) is -2.12. The Kier molecular flexibility index (Phi) is 8.70. The van der Waals surface area contributed by atoms with Crippen LogP contribution in [-0.4, -0.2) is 71.7 Å². The Morgan fingerprint density at radius 2 is 1.73 bits per heavy atom. The van der Waals surface area contributed by atoms with E-state index in [1.54, 1.807) is 47.2 Å². The number of ether oxygens (including phenoxy) is 1. The molecule has 4 atom stereocenters. The molecule has 2 saturated heterocycles. The summed E-state index contributed by atoms with van der Waals surface area (Å²) in [6.45, 7) is 2.16. The highest BCUT2D eigenvalue weighted by atomic mass is 35.5. The first-order valence-electron chi connectivity index (χ1n) is 14.8. The van der Waals surface area contributed by atoms with Crippen LogP contribution in [0.1, 0.15) is 52.0 Å². The first-order chi connectivity index (χ1) is 21.3. The van der Waals surface area contributed by atoms with E-state index in [-0.39, 0.29) is 29.2 Å². The van der Waals surface area contributed by atoms with E-state index in [1.807, 2.05) is 18.2 Å². The Morgan fingerprint density at radius 1 is 1.00 bits per heavy atom. The lowest BCUT2D eigenvalue weighted by atomic mass is 9.77. The zero-order valence-electron chi connectivity index (χ0n) is 24.2. The first kappa shape index (κ1) is 30.2. The number of hydrogen-bond donors (Lipinski definition) is 1. The van der Waals surface area contributed by atoms with Crippen molar-refractivity contribution in [2.24, 2.45) is 11.8 Å². The fourth-order valence-electron chi connectivity index (χ4n) is 6.74. The van der Waals surface area contributed by atoms with Crippen LogP contribution in [0.5, 0.6) is 5.75 Å². The average molecular weight is 637 g/mol. The van der Waals surface area contributed by atoms with Crippen molar-refractivity contribution in [3.63, 3.8) is 0 Å². The lowest BCUT2D eigenvalue weighted by molar-refractivity contribution is -0.385. The zero-order valence-corrected chi connectivity index (χ0v) is 25.8. The van der Waals surface area contributed by atoms with Gasteiger partial charge in [-0.3, -0.25) is 24.5 Å². The van der Waals surface area contributed by atoms with Gasteiger partial charge < -0.3 is 19.9 Å². The number of nitro benzene ring substituents is 1. The molecule has 6 rings (SSSR count). The summed E-state index contributed by atoms with van der Waals surface area (Å²) in [5.41, 5.74) is 0.966. The highest BCUT2D eigenvalue weighted by molar-refractivity contribution is 7.18. The number of hydrogen-bond acceptors (Lipinski definition) is 8. The van der Waals surface area contributed by atoms with Gasteiger partial charge in [-0.05, 0) is 48.2 Å². The number of likely N-dealkylation sites (tertiary alicyclic amines) is 1. The number of halogens is 1. The van der Waals surface area contributed by atoms with E-state index in [1.165, 1.54) is 12.1 Å². The zero-order chi connectivity index (χ0) is 31.0. The summed E-state index contributed by atoms with van der Waals surface area (Å²) in [6, 6.07) is 14.7. The Morgan fingerprint density at radius 3 is 2.36 bits per heavy atom. The molecule has 3 heterocycles. The van der Waals surface area contributed by atoms with Crippen molar-refractivity contribution in [3.8, 4) is 5.75 Å². The number of nitrogens with one attached hydrogen (secondary N) is 1. The maximum Gasteiger partial charge on any atom is 0.269 e. The van der Waals surface area contributed by atoms with Crippen LogP contribution in [0.25, 0.3) is 0 Å². The molecular weight excluding hydrogens is 604 g/mol. The Hall–Kier alpha value is -3.80. The molecule has 1 aliphatic carbocycles. The molecule has 2 aliphatic heterocycles. The summed E-state index contributed by atoms with van der Waals surface area (Å²) < 4.78 is 5.98. The van der Waals surface area contributed by atoms with Gasteiger partial charge in [-0.1, -0.05) is 42.3 Å². The molecule has 4 unspecified atom stereocenters. The third kappa shape index (κ3) is 5.60. The van der Waals surface area contributed by atoms with Gasteiger partial charge in [-0.15, -0.1) is 11.3 Å². The predicted molar refractivity (Wildman–Crippen MR) is 166 cm³/mol. The van der Waals surface area contributed by atoms with Crippen molar-refractivity contribution in [2.75, 3.05) is 33.3 Å². The minimum Gasteiger partial charge on any atom is -0.497 e. The summed E-state index contributed by atoms with van der Waals surface area (Å²) in [5, 5.41) is 15.2. The number of rotatable bonds is 8. The lowest BCUT2D eigenvalue weighted by Crippen LogP contribution is -2.56. The highest BCUT2D eigenvalue weighted by Gasteiger charge is 2.59. The van der Waals surface area contributed by atoms with Crippen LogP contribution in [0, 0.1) is 22.0 Å². The molecule has 10 nitrogen and oxygen atoms in total. The molecule has 230 valence electrons. The van der Waals surface area contributed by atoms with Gasteiger partial charge in [0.15, 0.2) is 5.78 Å². The molecule has 44 heavy (non-hydrogen) atoms. The fourth-order valence-corrected chi connectivity index (χ4v) is 7.77. The van der Waals surface area contributed by atoms with E-state index in [0.29, 0.717) is 65.1 Å². The van der Waals surface area contributed by atoms with Gasteiger partial charge in [-0.2, -0.15) is 0 Å². The van der Waals surface area contributed by atoms with Crippen LogP contribution in [0.4, 0.5) is 5.69 Å². The van der Waals surface area contributed by atoms with Crippen molar-refractivity contribution in [1.82, 2.24) is 15.1 Å². The molecule has 0 bridgehead atoms. The summed E-state index contributed by atoms with van der Waals surface area (Å²) in [6.07, 6.45) is 2.28. The molecule has 1 N–H and O–H groups in total. The van der Waals surface area contributed by atoms with Gasteiger partial charge in [0.1, 0.15) is 11.8 Å². The van der Waals surface area contributed by atoms with E-state index in [2.05, 4.69) is 5.32 Å².